The van der Waals surface area contributed by atoms with Crippen molar-refractivity contribution in [3.63, 3.8) is 0 Å². The van der Waals surface area contributed by atoms with Gasteiger partial charge in [0.05, 0.1) is 17.7 Å². The Morgan fingerprint density at radius 1 is 0.868 bits per heavy atom. The molecule has 1 atom stereocenters. The number of sulfonamides is 1. The third-order valence-corrected chi connectivity index (χ3v) is 7.79. The SMILES string of the molecule is COc1ccccc1N(CC(=O)N(Cc1ccccc1)[C@H](C)C(=O)NCC(C)C)S(=O)(=O)c1ccccc1. The molecule has 38 heavy (non-hydrogen) atoms. The number of rotatable bonds is 12. The summed E-state index contributed by atoms with van der Waals surface area (Å²) in [5.41, 5.74) is 1.04. The van der Waals surface area contributed by atoms with Crippen LogP contribution < -0.4 is 14.4 Å². The van der Waals surface area contributed by atoms with Gasteiger partial charge in [-0.05, 0) is 42.7 Å². The molecule has 202 valence electrons. The number of amides is 2. The molecular weight excluding hydrogens is 502 g/mol. The average Bonchev–Trinajstić information content (AvgIpc) is 2.93. The number of nitrogens with one attached hydrogen (secondary N) is 1. The molecule has 0 spiro atoms. The van der Waals surface area contributed by atoms with Gasteiger partial charge in [0.25, 0.3) is 10.0 Å². The Balaban J connectivity index is 2.02. The van der Waals surface area contributed by atoms with Crippen molar-refractivity contribution in [2.24, 2.45) is 5.92 Å². The van der Waals surface area contributed by atoms with E-state index in [9.17, 15) is 18.0 Å². The number of methoxy groups -OCH3 is 1. The molecule has 3 aromatic rings. The zero-order chi connectivity index (χ0) is 27.7. The van der Waals surface area contributed by atoms with Crippen molar-refractivity contribution in [3.8, 4) is 5.75 Å². The van der Waals surface area contributed by atoms with Crippen LogP contribution in [0.15, 0.2) is 89.8 Å². The molecule has 0 bridgehead atoms. The van der Waals surface area contributed by atoms with Crippen LogP contribution in [0.2, 0.25) is 0 Å². The summed E-state index contributed by atoms with van der Waals surface area (Å²) in [7, 11) is -2.71. The molecule has 0 radical (unpaired) electrons. The van der Waals surface area contributed by atoms with Crippen LogP contribution in [-0.4, -0.2) is 51.4 Å². The summed E-state index contributed by atoms with van der Waals surface area (Å²) in [4.78, 5) is 28.3. The van der Waals surface area contributed by atoms with E-state index in [2.05, 4.69) is 5.32 Å². The van der Waals surface area contributed by atoms with Gasteiger partial charge in [-0.3, -0.25) is 13.9 Å². The van der Waals surface area contributed by atoms with Crippen molar-refractivity contribution < 1.29 is 22.7 Å². The summed E-state index contributed by atoms with van der Waals surface area (Å²) in [6, 6.07) is 23.0. The minimum Gasteiger partial charge on any atom is -0.495 e. The Labute approximate surface area is 225 Å². The van der Waals surface area contributed by atoms with E-state index in [1.54, 1.807) is 49.4 Å². The number of carbonyl (C=O) groups is 2. The summed E-state index contributed by atoms with van der Waals surface area (Å²) in [5, 5.41) is 2.88. The first-order chi connectivity index (χ1) is 18.1. The van der Waals surface area contributed by atoms with Crippen LogP contribution in [0.5, 0.6) is 5.75 Å². The Hall–Kier alpha value is -3.85. The van der Waals surface area contributed by atoms with Crippen molar-refractivity contribution in [2.75, 3.05) is 24.5 Å². The topological polar surface area (TPSA) is 96.0 Å². The molecule has 0 saturated heterocycles. The minimum absolute atomic E-state index is 0.0380. The zero-order valence-electron chi connectivity index (χ0n) is 22.2. The maximum absolute atomic E-state index is 13.9. The Morgan fingerprint density at radius 3 is 2.05 bits per heavy atom. The summed E-state index contributed by atoms with van der Waals surface area (Å²) in [6.07, 6.45) is 0. The second-order valence-corrected chi connectivity index (χ2v) is 11.2. The first-order valence-electron chi connectivity index (χ1n) is 12.5. The Bertz CT molecular complexity index is 1310. The predicted molar refractivity (Wildman–Crippen MR) is 148 cm³/mol. The van der Waals surface area contributed by atoms with E-state index in [1.807, 2.05) is 44.2 Å². The highest BCUT2D eigenvalue weighted by molar-refractivity contribution is 7.92. The highest BCUT2D eigenvalue weighted by Gasteiger charge is 2.33. The third kappa shape index (κ3) is 7.13. The van der Waals surface area contributed by atoms with Gasteiger partial charge in [-0.1, -0.05) is 74.5 Å². The first kappa shape index (κ1) is 28.7. The van der Waals surface area contributed by atoms with E-state index in [4.69, 9.17) is 4.74 Å². The lowest BCUT2D eigenvalue weighted by Crippen LogP contribution is -2.51. The third-order valence-electron chi connectivity index (χ3n) is 6.01. The van der Waals surface area contributed by atoms with Crippen molar-refractivity contribution in [1.82, 2.24) is 10.2 Å². The average molecular weight is 538 g/mol. The van der Waals surface area contributed by atoms with E-state index < -0.39 is 28.5 Å². The van der Waals surface area contributed by atoms with Gasteiger partial charge in [0.2, 0.25) is 11.8 Å². The standard InChI is InChI=1S/C29H35N3O5S/c1-22(2)19-30-29(34)23(3)31(20-24-13-7-5-8-14-24)28(33)21-32(26-17-11-12-18-27(26)37-4)38(35,36)25-15-9-6-10-16-25/h5-18,22-23H,19-21H2,1-4H3,(H,30,34)/t23-/m1/s1. The van der Waals surface area contributed by atoms with Crippen molar-refractivity contribution in [1.29, 1.82) is 0 Å². The molecule has 0 aliphatic rings. The molecule has 8 nitrogen and oxygen atoms in total. The predicted octanol–water partition coefficient (Wildman–Crippen LogP) is 4.08. The fraction of sp³-hybridized carbons (Fsp3) is 0.310. The van der Waals surface area contributed by atoms with Crippen molar-refractivity contribution in [3.05, 3.63) is 90.5 Å². The molecule has 0 heterocycles. The first-order valence-corrected chi connectivity index (χ1v) is 13.9. The molecule has 9 heteroatoms. The number of anilines is 1. The normalized spacial score (nSPS) is 12.0. The highest BCUT2D eigenvalue weighted by Crippen LogP contribution is 2.32. The largest absolute Gasteiger partial charge is 0.495 e. The van der Waals surface area contributed by atoms with Gasteiger partial charge >= 0.3 is 0 Å². The molecular formula is C29H35N3O5S. The lowest BCUT2D eigenvalue weighted by atomic mass is 10.1. The van der Waals surface area contributed by atoms with Gasteiger partial charge in [0.1, 0.15) is 18.3 Å². The molecule has 3 rings (SSSR count). The van der Waals surface area contributed by atoms with E-state index in [0.717, 1.165) is 9.87 Å². The number of benzene rings is 3. The highest BCUT2D eigenvalue weighted by atomic mass is 32.2. The Morgan fingerprint density at radius 2 is 1.45 bits per heavy atom. The molecule has 0 saturated carbocycles. The number of para-hydroxylation sites is 2. The lowest BCUT2D eigenvalue weighted by Gasteiger charge is -2.32. The van der Waals surface area contributed by atoms with Crippen LogP contribution >= 0.6 is 0 Å². The van der Waals surface area contributed by atoms with Gasteiger partial charge in [-0.2, -0.15) is 0 Å². The molecule has 0 aliphatic heterocycles. The van der Waals surface area contributed by atoms with Gasteiger partial charge in [0.15, 0.2) is 0 Å². The van der Waals surface area contributed by atoms with E-state index in [-0.39, 0.29) is 29.0 Å². The summed E-state index contributed by atoms with van der Waals surface area (Å²) in [6.45, 7) is 5.70. The zero-order valence-corrected chi connectivity index (χ0v) is 23.0. The monoisotopic (exact) mass is 537 g/mol. The van der Waals surface area contributed by atoms with Gasteiger partial charge < -0.3 is 15.0 Å². The maximum atomic E-state index is 13.9. The van der Waals surface area contributed by atoms with E-state index in [1.165, 1.54) is 24.1 Å². The smallest absolute Gasteiger partial charge is 0.264 e. The number of ether oxygens (including phenoxy) is 1. The van der Waals surface area contributed by atoms with Crippen LogP contribution in [0.1, 0.15) is 26.3 Å². The number of hydrogen-bond donors (Lipinski definition) is 1. The van der Waals surface area contributed by atoms with Crippen LogP contribution in [0, 0.1) is 5.92 Å². The minimum atomic E-state index is -4.15. The van der Waals surface area contributed by atoms with Crippen molar-refractivity contribution >= 4 is 27.5 Å². The van der Waals surface area contributed by atoms with Crippen LogP contribution in [0.3, 0.4) is 0 Å². The second-order valence-electron chi connectivity index (χ2n) is 9.32. The fourth-order valence-corrected chi connectivity index (χ4v) is 5.33. The number of hydrogen-bond acceptors (Lipinski definition) is 5. The summed E-state index contributed by atoms with van der Waals surface area (Å²) >= 11 is 0. The van der Waals surface area contributed by atoms with E-state index in [0.29, 0.717) is 12.3 Å². The summed E-state index contributed by atoms with van der Waals surface area (Å²) in [5.74, 6) is -0.289. The van der Waals surface area contributed by atoms with Gasteiger partial charge in [-0.25, -0.2) is 8.42 Å². The Kier molecular flexibility index (Phi) is 9.90. The molecule has 0 fully saturated rings. The maximum Gasteiger partial charge on any atom is 0.264 e. The molecule has 0 unspecified atom stereocenters. The fourth-order valence-electron chi connectivity index (χ4n) is 3.88. The lowest BCUT2D eigenvalue weighted by molar-refractivity contribution is -0.139. The quantitative estimate of drug-likeness (QED) is 0.376. The summed E-state index contributed by atoms with van der Waals surface area (Å²) < 4.78 is 34.1. The van der Waals surface area contributed by atoms with Gasteiger partial charge in [-0.15, -0.1) is 0 Å². The van der Waals surface area contributed by atoms with Crippen LogP contribution in [-0.2, 0) is 26.2 Å². The van der Waals surface area contributed by atoms with E-state index >= 15 is 0 Å². The van der Waals surface area contributed by atoms with Crippen LogP contribution in [0.4, 0.5) is 5.69 Å². The molecule has 3 aromatic carbocycles. The van der Waals surface area contributed by atoms with Crippen LogP contribution in [0.25, 0.3) is 0 Å². The molecule has 0 aliphatic carbocycles. The van der Waals surface area contributed by atoms with Gasteiger partial charge in [0, 0.05) is 13.1 Å². The van der Waals surface area contributed by atoms with Crippen molar-refractivity contribution in [2.45, 2.75) is 38.3 Å². The molecule has 1 N–H and O–H groups in total. The number of nitrogens with zero attached hydrogens (tertiary/aromatic N) is 2. The second kappa shape index (κ2) is 13.1. The number of carbonyl (C=O) groups excluding carboxylic acids is 2. The molecule has 2 amide bonds. The molecule has 0 aromatic heterocycles.